The van der Waals surface area contributed by atoms with E-state index in [0.29, 0.717) is 19.1 Å². The first-order chi connectivity index (χ1) is 17.4. The summed E-state index contributed by atoms with van der Waals surface area (Å²) in [6, 6.07) is 16.6. The van der Waals surface area contributed by atoms with E-state index in [1.54, 1.807) is 0 Å². The molecule has 5 nitrogen and oxygen atoms in total. The van der Waals surface area contributed by atoms with E-state index in [0.717, 1.165) is 59.6 Å². The molecule has 36 heavy (non-hydrogen) atoms. The smallest absolute Gasteiger partial charge is 0.303 e. The van der Waals surface area contributed by atoms with Gasteiger partial charge >= 0.3 is 5.97 Å². The maximum Gasteiger partial charge on any atom is 0.303 e. The van der Waals surface area contributed by atoms with Gasteiger partial charge in [0.25, 0.3) is 0 Å². The number of nitrogens with zero attached hydrogens (tertiary/aromatic N) is 1. The van der Waals surface area contributed by atoms with Crippen molar-refractivity contribution < 1.29 is 14.6 Å². The molecular weight excluding hydrogens is 472 g/mol. The number of hydrogen-bond donors (Lipinski definition) is 2. The number of aliphatic carboxylic acids is 1. The molecule has 1 unspecified atom stereocenters. The fraction of sp³-hybridized carbons (Fsp3) is 0.400. The van der Waals surface area contributed by atoms with Gasteiger partial charge in [-0.1, -0.05) is 48.9 Å². The zero-order valence-electron chi connectivity index (χ0n) is 20.7. The van der Waals surface area contributed by atoms with Gasteiger partial charge in [0.1, 0.15) is 5.75 Å². The summed E-state index contributed by atoms with van der Waals surface area (Å²) in [4.78, 5) is 15.3. The van der Waals surface area contributed by atoms with Crippen LogP contribution in [0.4, 0.5) is 0 Å². The Morgan fingerprint density at radius 2 is 2.00 bits per heavy atom. The van der Waals surface area contributed by atoms with Crippen LogP contribution >= 0.6 is 11.6 Å². The molecule has 2 N–H and O–H groups in total. The molecule has 2 aliphatic rings. The Balaban J connectivity index is 1.34. The molecule has 0 amide bonds. The van der Waals surface area contributed by atoms with Crippen LogP contribution in [0, 0.1) is 0 Å². The fourth-order valence-electron chi connectivity index (χ4n) is 4.86. The minimum absolute atomic E-state index is 0.136. The Labute approximate surface area is 217 Å². The number of rotatable bonds is 12. The van der Waals surface area contributed by atoms with Crippen LogP contribution in [-0.4, -0.2) is 22.2 Å². The minimum atomic E-state index is -0.741. The van der Waals surface area contributed by atoms with E-state index in [1.165, 1.54) is 11.1 Å². The van der Waals surface area contributed by atoms with Crippen molar-refractivity contribution in [2.75, 3.05) is 0 Å². The van der Waals surface area contributed by atoms with Crippen molar-refractivity contribution in [3.63, 3.8) is 0 Å². The van der Waals surface area contributed by atoms with E-state index in [-0.39, 0.29) is 17.9 Å². The molecule has 5 rings (SSSR count). The molecule has 188 valence electrons. The van der Waals surface area contributed by atoms with Crippen LogP contribution < -0.4 is 10.1 Å². The van der Waals surface area contributed by atoms with Crippen LogP contribution in [0.25, 0.3) is 11.1 Å². The highest BCUT2D eigenvalue weighted by atomic mass is 35.5. The van der Waals surface area contributed by atoms with Crippen LogP contribution in [0.3, 0.4) is 0 Å². The summed E-state index contributed by atoms with van der Waals surface area (Å²) in [5.74, 6) is 0.480. The fourth-order valence-corrected chi connectivity index (χ4v) is 5.05. The Morgan fingerprint density at radius 1 is 1.19 bits per heavy atom. The summed E-state index contributed by atoms with van der Waals surface area (Å²) in [6.45, 7) is 2.80. The van der Waals surface area contributed by atoms with Crippen LogP contribution in [0.1, 0.15) is 74.5 Å². The second kappa shape index (κ2) is 10.6. The molecule has 2 aromatic carbocycles. The number of aromatic nitrogens is 1. The summed E-state index contributed by atoms with van der Waals surface area (Å²) in [5.41, 5.74) is 5.60. The zero-order chi connectivity index (χ0) is 25.1. The summed E-state index contributed by atoms with van der Waals surface area (Å²) in [5, 5.41) is 13.5. The van der Waals surface area contributed by atoms with Gasteiger partial charge in [0.05, 0.1) is 6.10 Å². The van der Waals surface area contributed by atoms with Crippen molar-refractivity contribution >= 4 is 17.6 Å². The number of carbonyl (C=O) groups is 1. The standard InChI is InChI=1S/C30H33ClN2O3/c1-20(5-4-8-29(34)35)21-9-12-27(31)22(17-21)18-33-30(14-15-30)26-19-32-16-13-24(26)25-6-2-3-7-28(25)36-23-10-11-23/h2-3,6-7,9,12-13,16-17,19-20,23,33H,4-5,8,10-11,14-15,18H2,1H3,(H,34,35). The summed E-state index contributed by atoms with van der Waals surface area (Å²) >= 11 is 6.60. The van der Waals surface area contributed by atoms with E-state index in [4.69, 9.17) is 21.4 Å². The van der Waals surface area contributed by atoms with Gasteiger partial charge < -0.3 is 15.2 Å². The second-order valence-corrected chi connectivity index (χ2v) is 10.6. The van der Waals surface area contributed by atoms with Gasteiger partial charge in [-0.05, 0) is 84.9 Å². The monoisotopic (exact) mass is 504 g/mol. The Hall–Kier alpha value is -2.89. The Bertz CT molecular complexity index is 1240. The molecule has 0 bridgehead atoms. The number of nitrogens with one attached hydrogen (secondary N) is 1. The summed E-state index contributed by atoms with van der Waals surface area (Å²) in [7, 11) is 0. The molecule has 1 aromatic heterocycles. The largest absolute Gasteiger partial charge is 0.490 e. The van der Waals surface area contributed by atoms with E-state index >= 15 is 0 Å². The predicted molar refractivity (Wildman–Crippen MR) is 142 cm³/mol. The van der Waals surface area contributed by atoms with Gasteiger partial charge in [-0.2, -0.15) is 0 Å². The first-order valence-corrected chi connectivity index (χ1v) is 13.3. The van der Waals surface area contributed by atoms with E-state index in [1.807, 2.05) is 24.5 Å². The summed E-state index contributed by atoms with van der Waals surface area (Å²) < 4.78 is 6.23. The number of ether oxygens (including phenoxy) is 1. The molecule has 2 saturated carbocycles. The number of carboxylic acids is 1. The maximum atomic E-state index is 10.9. The predicted octanol–water partition coefficient (Wildman–Crippen LogP) is 7.08. The van der Waals surface area contributed by atoms with Crippen LogP contribution in [0.5, 0.6) is 5.75 Å². The van der Waals surface area contributed by atoms with Gasteiger partial charge in [-0.25, -0.2) is 0 Å². The lowest BCUT2D eigenvalue weighted by molar-refractivity contribution is -0.137. The third-order valence-corrected chi connectivity index (χ3v) is 7.73. The van der Waals surface area contributed by atoms with Gasteiger partial charge in [0, 0.05) is 41.5 Å². The number of hydrogen-bond acceptors (Lipinski definition) is 4. The SMILES string of the molecule is CC(CCCC(=O)O)c1ccc(Cl)c(CNC2(c3cnccc3-c3ccccc3OC3CC3)CC2)c1. The third-order valence-electron chi connectivity index (χ3n) is 7.37. The molecular formula is C30H33ClN2O3. The first-order valence-electron chi connectivity index (χ1n) is 12.9. The number of benzene rings is 2. The van der Waals surface area contributed by atoms with Crippen molar-refractivity contribution in [2.45, 2.75) is 76.0 Å². The average molecular weight is 505 g/mol. The molecule has 0 saturated heterocycles. The molecule has 0 spiro atoms. The third kappa shape index (κ3) is 5.74. The molecule has 2 fully saturated rings. The molecule has 3 aromatic rings. The highest BCUT2D eigenvalue weighted by Gasteiger charge is 2.45. The normalized spacial score (nSPS) is 16.9. The van der Waals surface area contributed by atoms with Crippen molar-refractivity contribution in [2.24, 2.45) is 0 Å². The highest BCUT2D eigenvalue weighted by molar-refractivity contribution is 6.31. The second-order valence-electron chi connectivity index (χ2n) is 10.2. The first kappa shape index (κ1) is 24.8. The molecule has 1 atom stereocenters. The topological polar surface area (TPSA) is 71.5 Å². The Morgan fingerprint density at radius 3 is 2.75 bits per heavy atom. The maximum absolute atomic E-state index is 10.9. The molecule has 0 aliphatic heterocycles. The number of carboxylic acid groups (broad SMARTS) is 1. The van der Waals surface area contributed by atoms with Gasteiger partial charge in [-0.3, -0.25) is 9.78 Å². The van der Waals surface area contributed by atoms with Crippen molar-refractivity contribution in [3.8, 4) is 16.9 Å². The minimum Gasteiger partial charge on any atom is -0.490 e. The van der Waals surface area contributed by atoms with E-state index < -0.39 is 5.97 Å². The van der Waals surface area contributed by atoms with Gasteiger partial charge in [0.2, 0.25) is 0 Å². The Kier molecular flexibility index (Phi) is 7.31. The molecule has 1 heterocycles. The van der Waals surface area contributed by atoms with E-state index in [9.17, 15) is 4.79 Å². The highest BCUT2D eigenvalue weighted by Crippen LogP contribution is 2.50. The molecule has 0 radical (unpaired) electrons. The van der Waals surface area contributed by atoms with Crippen LogP contribution in [0.15, 0.2) is 60.9 Å². The molecule has 6 heteroatoms. The van der Waals surface area contributed by atoms with E-state index in [2.05, 4.69) is 53.6 Å². The van der Waals surface area contributed by atoms with Gasteiger partial charge in [-0.15, -0.1) is 0 Å². The van der Waals surface area contributed by atoms with Crippen LogP contribution in [-0.2, 0) is 16.9 Å². The zero-order valence-corrected chi connectivity index (χ0v) is 21.4. The average Bonchev–Trinajstić information content (AvgIpc) is 3.81. The quantitative estimate of drug-likeness (QED) is 0.276. The number of pyridine rings is 1. The lowest BCUT2D eigenvalue weighted by Crippen LogP contribution is -2.29. The molecule has 2 aliphatic carbocycles. The van der Waals surface area contributed by atoms with Crippen molar-refractivity contribution in [3.05, 3.63) is 82.6 Å². The van der Waals surface area contributed by atoms with Gasteiger partial charge in [0.15, 0.2) is 0 Å². The lowest BCUT2D eigenvalue weighted by atomic mass is 9.93. The number of para-hydroxylation sites is 1. The lowest BCUT2D eigenvalue weighted by Gasteiger charge is -2.23. The van der Waals surface area contributed by atoms with Crippen LogP contribution in [0.2, 0.25) is 5.02 Å². The van der Waals surface area contributed by atoms with Crippen molar-refractivity contribution in [1.29, 1.82) is 0 Å². The summed E-state index contributed by atoms with van der Waals surface area (Å²) in [6.07, 6.45) is 10.2. The van der Waals surface area contributed by atoms with Crippen molar-refractivity contribution in [1.82, 2.24) is 10.3 Å². The number of halogens is 1.